The van der Waals surface area contributed by atoms with Crippen molar-refractivity contribution < 1.29 is 9.13 Å². The number of benzene rings is 1. The van der Waals surface area contributed by atoms with Crippen molar-refractivity contribution in [2.24, 2.45) is 0 Å². The van der Waals surface area contributed by atoms with Gasteiger partial charge in [-0.1, -0.05) is 31.4 Å². The van der Waals surface area contributed by atoms with Crippen LogP contribution in [-0.4, -0.2) is 24.4 Å². The minimum absolute atomic E-state index is 0.220. The zero-order valence-electron chi connectivity index (χ0n) is 12.9. The first kappa shape index (κ1) is 17.2. The van der Waals surface area contributed by atoms with Gasteiger partial charge in [-0.05, 0) is 49.2 Å². The zero-order chi connectivity index (χ0) is 15.6. The van der Waals surface area contributed by atoms with Crippen molar-refractivity contribution in [2.45, 2.75) is 51.2 Å². The molecule has 1 saturated carbocycles. The minimum atomic E-state index is -0.220. The molecule has 0 bridgehead atoms. The molecule has 3 nitrogen and oxygen atoms in total. The van der Waals surface area contributed by atoms with Crippen LogP contribution in [0.2, 0.25) is 0 Å². The highest BCUT2D eigenvalue weighted by molar-refractivity contribution is 7.80. The molecule has 1 aromatic carbocycles. The molecule has 0 atom stereocenters. The predicted molar refractivity (Wildman–Crippen MR) is 91.3 cm³/mol. The lowest BCUT2D eigenvalue weighted by Crippen LogP contribution is -2.35. The molecule has 0 amide bonds. The van der Waals surface area contributed by atoms with E-state index in [-0.39, 0.29) is 5.82 Å². The molecular weight excluding hydrogens is 299 g/mol. The van der Waals surface area contributed by atoms with E-state index in [4.69, 9.17) is 17.0 Å². The fourth-order valence-corrected chi connectivity index (χ4v) is 2.78. The van der Waals surface area contributed by atoms with Crippen molar-refractivity contribution in [1.29, 1.82) is 0 Å². The van der Waals surface area contributed by atoms with Gasteiger partial charge in [0, 0.05) is 19.7 Å². The van der Waals surface area contributed by atoms with Gasteiger partial charge in [-0.3, -0.25) is 0 Å². The third-order valence-electron chi connectivity index (χ3n) is 3.88. The fourth-order valence-electron chi connectivity index (χ4n) is 2.60. The maximum atomic E-state index is 12.8. The molecule has 122 valence electrons. The standard InChI is InChI=1S/C17H25FN2OS/c18-15-9-7-14(8-10-15)13-20-17(22)19-11-4-12-21-16-5-2-1-3-6-16/h7-10,16H,1-6,11-13H2,(H2,19,20,22). The summed E-state index contributed by atoms with van der Waals surface area (Å²) >= 11 is 5.22. The van der Waals surface area contributed by atoms with Gasteiger partial charge in [-0.25, -0.2) is 4.39 Å². The van der Waals surface area contributed by atoms with Crippen LogP contribution in [0.3, 0.4) is 0 Å². The SMILES string of the molecule is Fc1ccc(CNC(=S)NCCCOC2CCCCC2)cc1. The average Bonchev–Trinajstić information content (AvgIpc) is 2.55. The Balaban J connectivity index is 1.49. The minimum Gasteiger partial charge on any atom is -0.378 e. The molecule has 0 aromatic heterocycles. The third-order valence-corrected chi connectivity index (χ3v) is 4.17. The Morgan fingerprint density at radius 1 is 1.14 bits per heavy atom. The third kappa shape index (κ3) is 6.71. The number of ether oxygens (including phenoxy) is 1. The van der Waals surface area contributed by atoms with Gasteiger partial charge in [-0.2, -0.15) is 0 Å². The van der Waals surface area contributed by atoms with E-state index in [0.29, 0.717) is 17.8 Å². The molecule has 2 N–H and O–H groups in total. The number of halogens is 1. The summed E-state index contributed by atoms with van der Waals surface area (Å²) < 4.78 is 18.7. The smallest absolute Gasteiger partial charge is 0.166 e. The average molecular weight is 324 g/mol. The van der Waals surface area contributed by atoms with Crippen molar-refractivity contribution in [3.8, 4) is 0 Å². The summed E-state index contributed by atoms with van der Waals surface area (Å²) in [6.45, 7) is 2.20. The van der Waals surface area contributed by atoms with Crippen LogP contribution in [0, 0.1) is 5.82 Å². The van der Waals surface area contributed by atoms with Crippen LogP contribution >= 0.6 is 12.2 Å². The first-order chi connectivity index (χ1) is 10.7. The quantitative estimate of drug-likeness (QED) is 0.594. The number of hydrogen-bond donors (Lipinski definition) is 2. The molecule has 0 saturated heterocycles. The molecule has 0 aliphatic heterocycles. The number of hydrogen-bond acceptors (Lipinski definition) is 2. The van der Waals surface area contributed by atoms with Crippen LogP contribution in [0.25, 0.3) is 0 Å². The molecule has 0 spiro atoms. The summed E-state index contributed by atoms with van der Waals surface area (Å²) in [5, 5.41) is 6.91. The summed E-state index contributed by atoms with van der Waals surface area (Å²) in [6, 6.07) is 6.41. The lowest BCUT2D eigenvalue weighted by Gasteiger charge is -2.22. The Morgan fingerprint density at radius 3 is 2.59 bits per heavy atom. The van der Waals surface area contributed by atoms with Crippen molar-refractivity contribution in [3.63, 3.8) is 0 Å². The summed E-state index contributed by atoms with van der Waals surface area (Å²) in [7, 11) is 0. The second kappa shape index (κ2) is 9.74. The van der Waals surface area contributed by atoms with Gasteiger partial charge in [0.15, 0.2) is 5.11 Å². The number of nitrogens with one attached hydrogen (secondary N) is 2. The Hall–Kier alpha value is -1.20. The van der Waals surface area contributed by atoms with E-state index in [9.17, 15) is 4.39 Å². The number of thiocarbonyl (C=S) groups is 1. The molecule has 0 unspecified atom stereocenters. The number of rotatable bonds is 7. The fraction of sp³-hybridized carbons (Fsp3) is 0.588. The molecule has 1 aliphatic rings. The summed E-state index contributed by atoms with van der Waals surface area (Å²) in [5.74, 6) is -0.220. The molecule has 5 heteroatoms. The maximum absolute atomic E-state index is 12.8. The normalized spacial score (nSPS) is 15.5. The first-order valence-electron chi connectivity index (χ1n) is 8.12. The lowest BCUT2D eigenvalue weighted by molar-refractivity contribution is 0.0277. The van der Waals surface area contributed by atoms with Crippen molar-refractivity contribution in [2.75, 3.05) is 13.2 Å². The Morgan fingerprint density at radius 2 is 1.86 bits per heavy atom. The highest BCUT2D eigenvalue weighted by Gasteiger charge is 2.12. The molecule has 1 aromatic rings. The largest absolute Gasteiger partial charge is 0.378 e. The Kier molecular flexibility index (Phi) is 7.60. The predicted octanol–water partition coefficient (Wildman–Crippen LogP) is 3.53. The second-order valence-corrected chi connectivity index (χ2v) is 6.13. The van der Waals surface area contributed by atoms with E-state index >= 15 is 0 Å². The van der Waals surface area contributed by atoms with Gasteiger partial charge in [0.1, 0.15) is 5.82 Å². The van der Waals surface area contributed by atoms with Gasteiger partial charge in [0.05, 0.1) is 6.10 Å². The van der Waals surface area contributed by atoms with Gasteiger partial charge in [0.25, 0.3) is 0 Å². The Bertz CT molecular complexity index is 446. The Labute approximate surface area is 137 Å². The molecule has 2 rings (SSSR count). The molecule has 0 radical (unpaired) electrons. The molecular formula is C17H25FN2OS. The van der Waals surface area contributed by atoms with Crippen LogP contribution in [0.1, 0.15) is 44.1 Å². The zero-order valence-corrected chi connectivity index (χ0v) is 13.8. The van der Waals surface area contributed by atoms with E-state index in [0.717, 1.165) is 25.1 Å². The highest BCUT2D eigenvalue weighted by atomic mass is 32.1. The van der Waals surface area contributed by atoms with E-state index in [1.807, 2.05) is 0 Å². The van der Waals surface area contributed by atoms with Gasteiger partial charge < -0.3 is 15.4 Å². The molecule has 1 fully saturated rings. The van der Waals surface area contributed by atoms with Crippen molar-refractivity contribution >= 4 is 17.3 Å². The molecule has 22 heavy (non-hydrogen) atoms. The first-order valence-corrected chi connectivity index (χ1v) is 8.52. The van der Waals surface area contributed by atoms with Crippen LogP contribution in [-0.2, 0) is 11.3 Å². The second-order valence-electron chi connectivity index (χ2n) is 5.72. The lowest BCUT2D eigenvalue weighted by atomic mass is 9.98. The topological polar surface area (TPSA) is 33.3 Å². The van der Waals surface area contributed by atoms with E-state index in [1.165, 1.54) is 44.2 Å². The summed E-state index contributed by atoms with van der Waals surface area (Å²) in [6.07, 6.45) is 7.82. The summed E-state index contributed by atoms with van der Waals surface area (Å²) in [5.41, 5.74) is 1.01. The molecule has 0 heterocycles. The monoisotopic (exact) mass is 324 g/mol. The van der Waals surface area contributed by atoms with Crippen molar-refractivity contribution in [3.05, 3.63) is 35.6 Å². The van der Waals surface area contributed by atoms with Crippen molar-refractivity contribution in [1.82, 2.24) is 10.6 Å². The van der Waals surface area contributed by atoms with E-state index in [2.05, 4.69) is 10.6 Å². The summed E-state index contributed by atoms with van der Waals surface area (Å²) in [4.78, 5) is 0. The van der Waals surface area contributed by atoms with Crippen LogP contribution < -0.4 is 10.6 Å². The van der Waals surface area contributed by atoms with E-state index in [1.54, 1.807) is 12.1 Å². The van der Waals surface area contributed by atoms with Crippen LogP contribution in [0.5, 0.6) is 0 Å². The van der Waals surface area contributed by atoms with Gasteiger partial charge in [-0.15, -0.1) is 0 Å². The van der Waals surface area contributed by atoms with Crippen LogP contribution in [0.15, 0.2) is 24.3 Å². The van der Waals surface area contributed by atoms with Crippen LogP contribution in [0.4, 0.5) is 4.39 Å². The molecule has 1 aliphatic carbocycles. The van der Waals surface area contributed by atoms with E-state index < -0.39 is 0 Å². The highest BCUT2D eigenvalue weighted by Crippen LogP contribution is 2.20. The van der Waals surface area contributed by atoms with Gasteiger partial charge >= 0.3 is 0 Å². The maximum Gasteiger partial charge on any atom is 0.166 e. The van der Waals surface area contributed by atoms with Gasteiger partial charge in [0.2, 0.25) is 0 Å².